The highest BCUT2D eigenvalue weighted by Crippen LogP contribution is 2.36. The molecule has 0 radical (unpaired) electrons. The summed E-state index contributed by atoms with van der Waals surface area (Å²) in [6.45, 7) is 4.14. The molecule has 90 valence electrons. The van der Waals surface area contributed by atoms with Gasteiger partial charge >= 0.3 is 0 Å². The normalized spacial score (nSPS) is 17.4. The smallest absolute Gasteiger partial charge is 0.0486 e. The molecule has 1 aromatic heterocycles. The molecule has 0 amide bonds. The number of benzene rings is 1. The number of hydrogen-bond donors (Lipinski definition) is 1. The lowest BCUT2D eigenvalue weighted by Gasteiger charge is -2.28. The number of rotatable bonds is 2. The molecule has 2 aromatic rings. The van der Waals surface area contributed by atoms with Gasteiger partial charge in [0.1, 0.15) is 0 Å². The Morgan fingerprint density at radius 3 is 2.59 bits per heavy atom. The van der Waals surface area contributed by atoms with Crippen molar-refractivity contribution in [3.8, 4) is 0 Å². The minimum Gasteiger partial charge on any atom is -0.344 e. The molecule has 0 bridgehead atoms. The summed E-state index contributed by atoms with van der Waals surface area (Å²) in [7, 11) is 0. The van der Waals surface area contributed by atoms with Crippen LogP contribution in [0.2, 0.25) is 0 Å². The van der Waals surface area contributed by atoms with Gasteiger partial charge in [-0.1, -0.05) is 12.1 Å². The van der Waals surface area contributed by atoms with E-state index in [1.807, 2.05) is 0 Å². The molecular formula is C15H20N2. The summed E-state index contributed by atoms with van der Waals surface area (Å²) in [6.07, 6.45) is 6.23. The Morgan fingerprint density at radius 1 is 1.24 bits per heavy atom. The molecule has 1 aliphatic carbocycles. The van der Waals surface area contributed by atoms with E-state index in [-0.39, 0.29) is 5.54 Å². The van der Waals surface area contributed by atoms with Gasteiger partial charge in [-0.3, -0.25) is 0 Å². The van der Waals surface area contributed by atoms with Crippen LogP contribution >= 0.6 is 0 Å². The van der Waals surface area contributed by atoms with E-state index in [0.29, 0.717) is 6.04 Å². The SMILES string of the molecule is CC(C)(N)c1cccc2c1ccn2C1CCC1. The molecule has 0 saturated heterocycles. The number of nitrogens with two attached hydrogens (primary N) is 1. The molecule has 1 saturated carbocycles. The van der Waals surface area contributed by atoms with Gasteiger partial charge in [-0.05, 0) is 50.8 Å². The monoisotopic (exact) mass is 228 g/mol. The summed E-state index contributed by atoms with van der Waals surface area (Å²) in [5, 5.41) is 1.31. The van der Waals surface area contributed by atoms with Crippen molar-refractivity contribution in [2.24, 2.45) is 5.73 Å². The first-order valence-corrected chi connectivity index (χ1v) is 6.46. The van der Waals surface area contributed by atoms with Crippen LogP contribution in [0.1, 0.15) is 44.7 Å². The molecule has 3 rings (SSSR count). The van der Waals surface area contributed by atoms with Gasteiger partial charge in [0.05, 0.1) is 0 Å². The average Bonchev–Trinajstić information content (AvgIpc) is 2.58. The van der Waals surface area contributed by atoms with Crippen molar-refractivity contribution in [2.45, 2.75) is 44.7 Å². The molecule has 0 unspecified atom stereocenters. The molecule has 2 N–H and O–H groups in total. The van der Waals surface area contributed by atoms with Crippen molar-refractivity contribution in [3.05, 3.63) is 36.0 Å². The summed E-state index contributed by atoms with van der Waals surface area (Å²) >= 11 is 0. The third-order valence-electron chi connectivity index (χ3n) is 3.93. The van der Waals surface area contributed by atoms with Crippen molar-refractivity contribution in [2.75, 3.05) is 0 Å². The maximum absolute atomic E-state index is 6.25. The van der Waals surface area contributed by atoms with Crippen LogP contribution in [0.25, 0.3) is 10.9 Å². The first-order valence-electron chi connectivity index (χ1n) is 6.46. The Labute approximate surface area is 102 Å². The lowest BCUT2D eigenvalue weighted by molar-refractivity contribution is 0.321. The summed E-state index contributed by atoms with van der Waals surface area (Å²) in [5.74, 6) is 0. The molecule has 1 fully saturated rings. The lowest BCUT2D eigenvalue weighted by Crippen LogP contribution is -2.28. The van der Waals surface area contributed by atoms with Crippen LogP contribution in [0.4, 0.5) is 0 Å². The van der Waals surface area contributed by atoms with Crippen molar-refractivity contribution in [1.82, 2.24) is 4.57 Å². The van der Waals surface area contributed by atoms with E-state index in [1.165, 1.54) is 35.7 Å². The third-order valence-corrected chi connectivity index (χ3v) is 3.93. The fourth-order valence-electron chi connectivity index (χ4n) is 2.73. The van der Waals surface area contributed by atoms with E-state index in [0.717, 1.165) is 0 Å². The minimum atomic E-state index is -0.273. The van der Waals surface area contributed by atoms with Crippen LogP contribution in [-0.2, 0) is 5.54 Å². The van der Waals surface area contributed by atoms with Crippen LogP contribution in [0.3, 0.4) is 0 Å². The molecule has 1 aliphatic rings. The number of fused-ring (bicyclic) bond motifs is 1. The molecule has 0 aliphatic heterocycles. The predicted molar refractivity (Wildman–Crippen MR) is 72.0 cm³/mol. The van der Waals surface area contributed by atoms with E-state index < -0.39 is 0 Å². The average molecular weight is 228 g/mol. The first kappa shape index (κ1) is 10.8. The van der Waals surface area contributed by atoms with E-state index >= 15 is 0 Å². The Morgan fingerprint density at radius 2 is 2.00 bits per heavy atom. The molecule has 1 heterocycles. The van der Waals surface area contributed by atoms with Gasteiger partial charge in [0.15, 0.2) is 0 Å². The van der Waals surface area contributed by atoms with Gasteiger partial charge in [0, 0.05) is 28.7 Å². The Hall–Kier alpha value is -1.28. The van der Waals surface area contributed by atoms with E-state index in [1.54, 1.807) is 0 Å². The number of nitrogens with zero attached hydrogens (tertiary/aromatic N) is 1. The fraction of sp³-hybridized carbons (Fsp3) is 0.467. The molecule has 0 atom stereocenters. The van der Waals surface area contributed by atoms with Crippen LogP contribution in [0, 0.1) is 0 Å². The lowest BCUT2D eigenvalue weighted by atomic mass is 9.91. The minimum absolute atomic E-state index is 0.273. The van der Waals surface area contributed by atoms with Crippen molar-refractivity contribution >= 4 is 10.9 Å². The third kappa shape index (κ3) is 1.67. The second kappa shape index (κ2) is 3.61. The molecular weight excluding hydrogens is 208 g/mol. The van der Waals surface area contributed by atoms with Gasteiger partial charge in [-0.15, -0.1) is 0 Å². The molecule has 2 heteroatoms. The van der Waals surface area contributed by atoms with Gasteiger partial charge in [0.25, 0.3) is 0 Å². The van der Waals surface area contributed by atoms with E-state index in [4.69, 9.17) is 5.73 Å². The highest BCUT2D eigenvalue weighted by atomic mass is 15.0. The maximum Gasteiger partial charge on any atom is 0.0486 e. The Balaban J connectivity index is 2.18. The zero-order chi connectivity index (χ0) is 12.0. The highest BCUT2D eigenvalue weighted by molar-refractivity contribution is 5.84. The van der Waals surface area contributed by atoms with Gasteiger partial charge in [0.2, 0.25) is 0 Å². The zero-order valence-corrected chi connectivity index (χ0v) is 10.6. The summed E-state index contributed by atoms with van der Waals surface area (Å²) in [4.78, 5) is 0. The van der Waals surface area contributed by atoms with E-state index in [9.17, 15) is 0 Å². The summed E-state index contributed by atoms with van der Waals surface area (Å²) < 4.78 is 2.42. The van der Waals surface area contributed by atoms with E-state index in [2.05, 4.69) is 48.9 Å². The molecule has 2 nitrogen and oxygen atoms in total. The van der Waals surface area contributed by atoms with Crippen LogP contribution in [0.15, 0.2) is 30.5 Å². The van der Waals surface area contributed by atoms with Crippen molar-refractivity contribution in [1.29, 1.82) is 0 Å². The molecule has 0 spiro atoms. The quantitative estimate of drug-likeness (QED) is 0.837. The second-order valence-corrected chi connectivity index (χ2v) is 5.77. The predicted octanol–water partition coefficient (Wildman–Crippen LogP) is 3.56. The van der Waals surface area contributed by atoms with Crippen molar-refractivity contribution in [3.63, 3.8) is 0 Å². The standard InChI is InChI=1S/C15H20N2/c1-15(2,16)13-7-4-8-14-12(13)9-10-17(14)11-5-3-6-11/h4,7-11H,3,5-6,16H2,1-2H3. The maximum atomic E-state index is 6.25. The topological polar surface area (TPSA) is 30.9 Å². The van der Waals surface area contributed by atoms with Crippen LogP contribution in [-0.4, -0.2) is 4.57 Å². The van der Waals surface area contributed by atoms with Crippen LogP contribution < -0.4 is 5.73 Å². The summed E-state index contributed by atoms with van der Waals surface area (Å²) in [6, 6.07) is 9.42. The number of hydrogen-bond acceptors (Lipinski definition) is 1. The molecule has 1 aromatic carbocycles. The van der Waals surface area contributed by atoms with Gasteiger partial charge < -0.3 is 10.3 Å². The van der Waals surface area contributed by atoms with Gasteiger partial charge in [-0.25, -0.2) is 0 Å². The molecule has 17 heavy (non-hydrogen) atoms. The second-order valence-electron chi connectivity index (χ2n) is 5.77. The zero-order valence-electron chi connectivity index (χ0n) is 10.6. The van der Waals surface area contributed by atoms with Crippen molar-refractivity contribution < 1.29 is 0 Å². The van der Waals surface area contributed by atoms with Gasteiger partial charge in [-0.2, -0.15) is 0 Å². The van der Waals surface area contributed by atoms with Crippen LogP contribution in [0.5, 0.6) is 0 Å². The largest absolute Gasteiger partial charge is 0.344 e. The highest BCUT2D eigenvalue weighted by Gasteiger charge is 2.23. The Kier molecular flexibility index (Phi) is 2.30. The number of aromatic nitrogens is 1. The Bertz CT molecular complexity index is 542. The first-order chi connectivity index (χ1) is 8.07. The summed E-state index contributed by atoms with van der Waals surface area (Å²) in [5.41, 5.74) is 8.56. The fourth-order valence-corrected chi connectivity index (χ4v) is 2.73.